The zero-order valence-electron chi connectivity index (χ0n) is 11.6. The molecule has 0 aliphatic rings. The van der Waals surface area contributed by atoms with Gasteiger partial charge in [-0.25, -0.2) is 0 Å². The number of carbonyl (C=O) groups is 3. The van der Waals surface area contributed by atoms with Crippen molar-refractivity contribution in [2.24, 2.45) is 17.2 Å². The summed E-state index contributed by atoms with van der Waals surface area (Å²) in [5.41, 5.74) is 14.1. The van der Waals surface area contributed by atoms with E-state index in [0.29, 0.717) is 5.56 Å². The van der Waals surface area contributed by atoms with Gasteiger partial charge >= 0.3 is 5.97 Å². The van der Waals surface area contributed by atoms with Crippen molar-refractivity contribution in [1.29, 1.82) is 5.41 Å². The van der Waals surface area contributed by atoms with Gasteiger partial charge in [0.1, 0.15) is 12.1 Å². The molecule has 1 aromatic rings. The van der Waals surface area contributed by atoms with Crippen LogP contribution in [0.3, 0.4) is 0 Å². The van der Waals surface area contributed by atoms with E-state index in [1.165, 1.54) is 24.3 Å². The van der Waals surface area contributed by atoms with Crippen molar-refractivity contribution < 1.29 is 19.5 Å². The predicted octanol–water partition coefficient (Wildman–Crippen LogP) is -1.14. The lowest BCUT2D eigenvalue weighted by molar-refractivity contribution is -0.147. The van der Waals surface area contributed by atoms with Gasteiger partial charge in [0.25, 0.3) is 0 Å². The number of ketones is 1. The molecule has 0 aliphatic carbocycles. The third-order valence-corrected chi connectivity index (χ3v) is 3.26. The second-order valence-electron chi connectivity index (χ2n) is 4.49. The number of benzene rings is 1. The Bertz CT molecular complexity index is 651. The van der Waals surface area contributed by atoms with Crippen LogP contribution in [-0.2, 0) is 19.8 Å². The second kappa shape index (κ2) is 6.64. The lowest BCUT2D eigenvalue weighted by Crippen LogP contribution is -2.51. The van der Waals surface area contributed by atoms with E-state index >= 15 is 0 Å². The van der Waals surface area contributed by atoms with Gasteiger partial charge < -0.3 is 22.3 Å². The number of carbonyl (C=O) groups excluding carboxylic acids is 2. The Morgan fingerprint density at radius 3 is 2.14 bits per heavy atom. The molecule has 0 saturated heterocycles. The van der Waals surface area contributed by atoms with Gasteiger partial charge in [0.2, 0.25) is 5.78 Å². The highest BCUT2D eigenvalue weighted by Crippen LogP contribution is 2.27. The van der Waals surface area contributed by atoms with Crippen LogP contribution in [0.15, 0.2) is 36.0 Å². The lowest BCUT2D eigenvalue weighted by atomic mass is 9.75. The van der Waals surface area contributed by atoms with E-state index in [-0.39, 0.29) is 17.7 Å². The Kier molecular flexibility index (Phi) is 5.14. The van der Waals surface area contributed by atoms with Gasteiger partial charge in [0.15, 0.2) is 5.41 Å². The first-order valence-corrected chi connectivity index (χ1v) is 6.15. The highest BCUT2D eigenvalue weighted by Gasteiger charge is 2.47. The molecule has 116 valence electrons. The summed E-state index contributed by atoms with van der Waals surface area (Å²) in [6, 6.07) is 5.48. The van der Waals surface area contributed by atoms with Gasteiger partial charge in [-0.2, -0.15) is 0 Å². The quantitative estimate of drug-likeness (QED) is 0.139. The number of hydrogen-bond acceptors (Lipinski definition) is 6. The fraction of sp³-hybridized carbons (Fsp3) is 0.143. The van der Waals surface area contributed by atoms with E-state index in [1.807, 2.05) is 0 Å². The number of nitrogens with one attached hydrogen (secondary N) is 1. The summed E-state index contributed by atoms with van der Waals surface area (Å²) >= 11 is 0. The Labute approximate surface area is 126 Å². The van der Waals surface area contributed by atoms with Crippen LogP contribution in [0, 0.1) is 5.41 Å². The summed E-state index contributed by atoms with van der Waals surface area (Å²) < 4.78 is 0. The van der Waals surface area contributed by atoms with Crippen molar-refractivity contribution >= 4 is 23.9 Å². The first kappa shape index (κ1) is 17.1. The molecule has 8 N–H and O–H groups in total. The highest BCUT2D eigenvalue weighted by atomic mass is 16.4. The molecular formula is C14H16N4O4. The van der Waals surface area contributed by atoms with Crippen molar-refractivity contribution in [3.05, 3.63) is 47.2 Å². The first-order chi connectivity index (χ1) is 10.3. The SMILES string of the molecule is N=C(N)c1ccc(C(CN)(C(=O)O)C(=O)/C(N)=C\C=O)cc1. The molecule has 0 spiro atoms. The molecular weight excluding hydrogens is 288 g/mol. The molecule has 0 aromatic heterocycles. The number of hydrogen-bond donors (Lipinski definition) is 5. The van der Waals surface area contributed by atoms with Crippen molar-refractivity contribution in [3.63, 3.8) is 0 Å². The molecule has 0 aliphatic heterocycles. The molecule has 0 heterocycles. The van der Waals surface area contributed by atoms with E-state index in [2.05, 4.69) is 0 Å². The van der Waals surface area contributed by atoms with Gasteiger partial charge in [-0.05, 0) is 5.56 Å². The topological polar surface area (TPSA) is 173 Å². The number of aliphatic carboxylic acids is 1. The second-order valence-corrected chi connectivity index (χ2v) is 4.49. The molecule has 8 heteroatoms. The van der Waals surface area contributed by atoms with Crippen LogP contribution in [0.2, 0.25) is 0 Å². The molecule has 0 amide bonds. The lowest BCUT2D eigenvalue weighted by Gasteiger charge is -2.27. The Morgan fingerprint density at radius 2 is 1.77 bits per heavy atom. The predicted molar refractivity (Wildman–Crippen MR) is 79.2 cm³/mol. The average molecular weight is 304 g/mol. The van der Waals surface area contributed by atoms with Crippen molar-refractivity contribution in [3.8, 4) is 0 Å². The van der Waals surface area contributed by atoms with Crippen LogP contribution < -0.4 is 17.2 Å². The molecule has 0 saturated carbocycles. The summed E-state index contributed by atoms with van der Waals surface area (Å²) in [5.74, 6) is -2.67. The smallest absolute Gasteiger partial charge is 0.323 e. The molecule has 22 heavy (non-hydrogen) atoms. The van der Waals surface area contributed by atoms with Crippen LogP contribution >= 0.6 is 0 Å². The maximum atomic E-state index is 12.4. The van der Waals surface area contributed by atoms with Gasteiger partial charge in [-0.1, -0.05) is 24.3 Å². The number of allylic oxidation sites excluding steroid dienone is 2. The number of carboxylic acids is 1. The maximum absolute atomic E-state index is 12.4. The molecule has 8 nitrogen and oxygen atoms in total. The molecule has 0 fully saturated rings. The van der Waals surface area contributed by atoms with E-state index in [0.717, 1.165) is 6.08 Å². The van der Waals surface area contributed by atoms with Gasteiger partial charge in [-0.3, -0.25) is 19.8 Å². The van der Waals surface area contributed by atoms with Crippen LogP contribution in [0.5, 0.6) is 0 Å². The van der Waals surface area contributed by atoms with E-state index < -0.39 is 29.4 Å². The Balaban J connectivity index is 3.49. The van der Waals surface area contributed by atoms with E-state index in [4.69, 9.17) is 22.6 Å². The number of amidine groups is 1. The van der Waals surface area contributed by atoms with Crippen LogP contribution in [0.4, 0.5) is 0 Å². The number of nitrogens with two attached hydrogens (primary N) is 3. The molecule has 0 radical (unpaired) electrons. The van der Waals surface area contributed by atoms with Crippen molar-refractivity contribution in [2.45, 2.75) is 5.41 Å². The van der Waals surface area contributed by atoms with Crippen LogP contribution in [0.1, 0.15) is 11.1 Å². The minimum atomic E-state index is -2.11. The Hall–Kier alpha value is -3.00. The fourth-order valence-corrected chi connectivity index (χ4v) is 1.98. The zero-order chi connectivity index (χ0) is 16.9. The molecule has 1 atom stereocenters. The monoisotopic (exact) mass is 304 g/mol. The number of nitrogen functional groups attached to an aromatic ring is 1. The van der Waals surface area contributed by atoms with Gasteiger partial charge in [0, 0.05) is 18.2 Å². The highest BCUT2D eigenvalue weighted by molar-refractivity contribution is 6.17. The Morgan fingerprint density at radius 1 is 1.23 bits per heavy atom. The zero-order valence-corrected chi connectivity index (χ0v) is 11.6. The normalized spacial score (nSPS) is 14.0. The summed E-state index contributed by atoms with van der Waals surface area (Å²) in [7, 11) is 0. The van der Waals surface area contributed by atoms with Crippen LogP contribution in [0.25, 0.3) is 0 Å². The summed E-state index contributed by atoms with van der Waals surface area (Å²) in [4.78, 5) is 34.5. The molecule has 1 unspecified atom stereocenters. The van der Waals surface area contributed by atoms with Gasteiger partial charge in [-0.15, -0.1) is 0 Å². The molecule has 1 aromatic carbocycles. The molecule has 1 rings (SSSR count). The maximum Gasteiger partial charge on any atom is 0.323 e. The third-order valence-electron chi connectivity index (χ3n) is 3.26. The summed E-state index contributed by atoms with van der Waals surface area (Å²) in [5, 5.41) is 16.8. The number of aldehydes is 1. The number of carboxylic acid groups (broad SMARTS) is 1. The molecule has 0 bridgehead atoms. The number of rotatable bonds is 7. The van der Waals surface area contributed by atoms with E-state index in [1.54, 1.807) is 0 Å². The fourth-order valence-electron chi connectivity index (χ4n) is 1.98. The standard InChI is InChI=1S/C14H16N4O4/c15-7-14(13(21)22,11(20)10(16)5-6-19)9-3-1-8(2-4-9)12(17)18/h1-6H,7,15-16H2,(H3,17,18)(H,21,22)/b10-5+. The summed E-state index contributed by atoms with van der Waals surface area (Å²) in [6.45, 7) is -0.548. The van der Waals surface area contributed by atoms with Crippen molar-refractivity contribution in [2.75, 3.05) is 6.54 Å². The largest absolute Gasteiger partial charge is 0.480 e. The average Bonchev–Trinajstić information content (AvgIpc) is 2.48. The van der Waals surface area contributed by atoms with Crippen LogP contribution in [-0.4, -0.2) is 35.5 Å². The minimum absolute atomic E-state index is 0.0831. The first-order valence-electron chi connectivity index (χ1n) is 6.15. The van der Waals surface area contributed by atoms with Gasteiger partial charge in [0.05, 0.1) is 5.70 Å². The van der Waals surface area contributed by atoms with E-state index in [9.17, 15) is 19.5 Å². The van der Waals surface area contributed by atoms with Crippen molar-refractivity contribution in [1.82, 2.24) is 0 Å². The number of Topliss-reactive ketones (excluding diaryl/α,β-unsaturated/α-hetero) is 1. The minimum Gasteiger partial charge on any atom is -0.480 e. The third kappa shape index (κ3) is 2.86. The summed E-state index contributed by atoms with van der Waals surface area (Å²) in [6.07, 6.45) is 1.06.